The fourth-order valence-corrected chi connectivity index (χ4v) is 5.07. The van der Waals surface area contributed by atoms with Crippen LogP contribution in [0, 0.1) is 20.8 Å². The third kappa shape index (κ3) is 7.65. The molecule has 1 atom stereocenters. The smallest absolute Gasteiger partial charge is 0.344 e. The molecular formula is C23H33NNiO2PS+. The summed E-state index contributed by atoms with van der Waals surface area (Å²) in [5.41, 5.74) is 2.23. The molecule has 162 valence electrons. The van der Waals surface area contributed by atoms with Crippen molar-refractivity contribution < 1.29 is 25.6 Å². The molecule has 1 aromatic rings. The van der Waals surface area contributed by atoms with Crippen LogP contribution in [-0.4, -0.2) is 21.2 Å². The van der Waals surface area contributed by atoms with Crippen molar-refractivity contribution in [3.8, 4) is 10.4 Å². The van der Waals surface area contributed by atoms with Crippen LogP contribution in [0.3, 0.4) is 0 Å². The van der Waals surface area contributed by atoms with Gasteiger partial charge in [-0.25, -0.2) is 4.58 Å². The van der Waals surface area contributed by atoms with Gasteiger partial charge in [-0.2, -0.15) is 12.8 Å². The van der Waals surface area contributed by atoms with Gasteiger partial charge in [-0.15, -0.1) is 11.3 Å². The molecule has 0 radical (unpaired) electrons. The van der Waals surface area contributed by atoms with Crippen molar-refractivity contribution in [3.63, 3.8) is 0 Å². The topological polar surface area (TPSA) is 29.3 Å². The maximum absolute atomic E-state index is 12.5. The van der Waals surface area contributed by atoms with E-state index >= 15 is 0 Å². The molecule has 0 N–H and O–H groups in total. The van der Waals surface area contributed by atoms with Crippen LogP contribution in [0.25, 0.3) is 20.5 Å². The summed E-state index contributed by atoms with van der Waals surface area (Å²) < 4.78 is 20.9. The molecule has 3 rings (SSSR count). The Morgan fingerprint density at radius 2 is 1.66 bits per heavy atom. The molecule has 0 spiro atoms. The summed E-state index contributed by atoms with van der Waals surface area (Å²) >= 11 is 1.73. The average Bonchev–Trinajstić information content (AvgIpc) is 2.66. The van der Waals surface area contributed by atoms with Gasteiger partial charge in [0.05, 0.1) is 5.30 Å². The fourth-order valence-electron chi connectivity index (χ4n) is 2.59. The summed E-state index contributed by atoms with van der Waals surface area (Å²) in [6, 6.07) is 12.5. The van der Waals surface area contributed by atoms with Gasteiger partial charge in [0.25, 0.3) is 0 Å². The Labute approximate surface area is 191 Å². The van der Waals surface area contributed by atoms with E-state index in [0.717, 1.165) is 44.0 Å². The van der Waals surface area contributed by atoms with Crippen LogP contribution in [0.1, 0.15) is 32.3 Å². The first-order valence-electron chi connectivity index (χ1n) is 9.48. The van der Waals surface area contributed by atoms with Gasteiger partial charge < -0.3 is 18.4 Å². The Hall–Kier alpha value is -0.986. The fraction of sp³-hybridized carbons (Fsp3) is 0.348. The minimum atomic E-state index is -2.26. The van der Waals surface area contributed by atoms with Crippen molar-refractivity contribution in [2.75, 3.05) is 21.2 Å². The van der Waals surface area contributed by atoms with E-state index in [4.69, 9.17) is 4.52 Å². The van der Waals surface area contributed by atoms with Gasteiger partial charge in [0.1, 0.15) is 14.1 Å². The van der Waals surface area contributed by atoms with E-state index in [1.165, 1.54) is 12.7 Å². The summed E-state index contributed by atoms with van der Waals surface area (Å²) in [5.74, 6) is 0. The molecule has 6 heteroatoms. The van der Waals surface area contributed by atoms with Crippen molar-refractivity contribution >= 4 is 34.8 Å². The minimum Gasteiger partial charge on any atom is -0.344 e. The number of fused-ring (bicyclic) bond motifs is 2. The SMILES string of the molecule is CO[PH](=O)c1c2ccc(=[N+](C)C)cc-2sc2cc(C)ccc12.[CH2-]CC.[CH2-]CC.[Ni+2]. The van der Waals surface area contributed by atoms with E-state index in [2.05, 4.69) is 61.7 Å². The molecular weight excluding hydrogens is 444 g/mol. The summed E-state index contributed by atoms with van der Waals surface area (Å²) in [7, 11) is 3.30. The molecule has 1 heterocycles. The maximum atomic E-state index is 12.5. The third-order valence-electron chi connectivity index (χ3n) is 3.77. The zero-order valence-electron chi connectivity index (χ0n) is 18.3. The zero-order chi connectivity index (χ0) is 21.3. The largest absolute Gasteiger partial charge is 2.00 e. The van der Waals surface area contributed by atoms with E-state index in [1.807, 2.05) is 27.9 Å². The second-order valence-electron chi connectivity index (χ2n) is 6.54. The van der Waals surface area contributed by atoms with Crippen molar-refractivity contribution in [1.29, 1.82) is 0 Å². The van der Waals surface area contributed by atoms with Crippen LogP contribution in [0.2, 0.25) is 0 Å². The Morgan fingerprint density at radius 1 is 1.07 bits per heavy atom. The van der Waals surface area contributed by atoms with Crippen molar-refractivity contribution in [2.45, 2.75) is 33.6 Å². The molecule has 1 unspecified atom stereocenters. The molecule has 0 saturated carbocycles. The van der Waals surface area contributed by atoms with Crippen LogP contribution >= 0.6 is 19.4 Å². The molecule has 3 nitrogen and oxygen atoms in total. The third-order valence-corrected chi connectivity index (χ3v) is 6.20. The Kier molecular flexibility index (Phi) is 13.6. The second kappa shape index (κ2) is 14.1. The van der Waals surface area contributed by atoms with Gasteiger partial charge in [-0.1, -0.05) is 26.0 Å². The quantitative estimate of drug-likeness (QED) is 0.159. The van der Waals surface area contributed by atoms with Crippen molar-refractivity contribution in [1.82, 2.24) is 4.58 Å². The van der Waals surface area contributed by atoms with E-state index < -0.39 is 8.03 Å². The van der Waals surface area contributed by atoms with E-state index in [1.54, 1.807) is 11.3 Å². The van der Waals surface area contributed by atoms with E-state index in [0.29, 0.717) is 0 Å². The Bertz CT molecular complexity index is 963. The monoisotopic (exact) mass is 476 g/mol. The normalized spacial score (nSPS) is 10.9. The van der Waals surface area contributed by atoms with Gasteiger partial charge >= 0.3 is 16.5 Å². The summed E-state index contributed by atoms with van der Waals surface area (Å²) in [6.07, 6.45) is 2.00. The van der Waals surface area contributed by atoms with Gasteiger partial charge in [-0.3, -0.25) is 4.57 Å². The van der Waals surface area contributed by atoms with Crippen molar-refractivity contribution in [3.05, 3.63) is 61.2 Å². The van der Waals surface area contributed by atoms with Gasteiger partial charge in [0.15, 0.2) is 0 Å². The molecule has 1 aliphatic heterocycles. The first-order valence-corrected chi connectivity index (χ1v) is 11.6. The number of hydrogen-bond donors (Lipinski definition) is 0. The predicted molar refractivity (Wildman–Crippen MR) is 127 cm³/mol. The molecule has 0 amide bonds. The Morgan fingerprint density at radius 3 is 2.17 bits per heavy atom. The molecule has 1 aliphatic carbocycles. The standard InChI is InChI=1S/C17H19NO2PS.2C3H7.Ni/c1-11-5-7-13-15(9-11)22-16-10-12(18(2)3)6-8-14(16)17(13)21(19)20-4;2*1-3-2;/h5-10,21H,1-4H3;2*1,3H2,2H3;/q+1;2*-1;+2. The number of nitrogens with zero attached hydrogens (tertiary/aromatic N) is 1. The van der Waals surface area contributed by atoms with Gasteiger partial charge in [-0.05, 0) is 24.6 Å². The molecule has 2 aliphatic rings. The molecule has 0 bridgehead atoms. The summed E-state index contributed by atoms with van der Waals surface area (Å²) in [5, 5.41) is 3.01. The summed E-state index contributed by atoms with van der Waals surface area (Å²) in [6.45, 7) is 13.1. The molecule has 0 aromatic heterocycles. The number of hydrogen-bond acceptors (Lipinski definition) is 3. The average molecular weight is 477 g/mol. The van der Waals surface area contributed by atoms with Crippen LogP contribution in [-0.2, 0) is 25.6 Å². The minimum absolute atomic E-state index is 0. The predicted octanol–water partition coefficient (Wildman–Crippen LogP) is 5.55. The molecule has 0 fully saturated rings. The Balaban J connectivity index is 0.00000100. The van der Waals surface area contributed by atoms with Gasteiger partial charge in [0, 0.05) is 39.8 Å². The van der Waals surface area contributed by atoms with E-state index in [-0.39, 0.29) is 16.5 Å². The molecule has 29 heavy (non-hydrogen) atoms. The number of rotatable bonds is 2. The van der Waals surface area contributed by atoms with Crippen LogP contribution < -0.4 is 15.2 Å². The van der Waals surface area contributed by atoms with Crippen LogP contribution in [0.4, 0.5) is 0 Å². The van der Waals surface area contributed by atoms with Crippen LogP contribution in [0.5, 0.6) is 0 Å². The number of benzene rings is 2. The van der Waals surface area contributed by atoms with E-state index in [9.17, 15) is 4.57 Å². The second-order valence-corrected chi connectivity index (χ2v) is 9.11. The van der Waals surface area contributed by atoms with Crippen LogP contribution in [0.15, 0.2) is 36.4 Å². The summed E-state index contributed by atoms with van der Waals surface area (Å²) in [4.78, 5) is 1.13. The zero-order valence-corrected chi connectivity index (χ0v) is 21.1. The first-order chi connectivity index (χ1) is 13.3. The van der Waals surface area contributed by atoms with Crippen molar-refractivity contribution in [2.24, 2.45) is 0 Å². The first kappa shape index (κ1) is 28.0. The number of aryl methyl sites for hydroxylation is 1. The molecule has 0 saturated heterocycles. The maximum Gasteiger partial charge on any atom is 2.00 e. The molecule has 1 aromatic carbocycles. The van der Waals surface area contributed by atoms with Gasteiger partial charge in [0.2, 0.25) is 13.4 Å².